The van der Waals surface area contributed by atoms with Gasteiger partial charge in [0.15, 0.2) is 0 Å². The van der Waals surface area contributed by atoms with Gasteiger partial charge in [0, 0.05) is 0 Å². The molecular formula is C45H78. The summed E-state index contributed by atoms with van der Waals surface area (Å²) in [4.78, 5) is 0. The molecule has 0 nitrogen and oxygen atoms in total. The van der Waals surface area contributed by atoms with Crippen molar-refractivity contribution in [1.82, 2.24) is 0 Å². The van der Waals surface area contributed by atoms with Crippen LogP contribution >= 0.6 is 0 Å². The molecule has 0 aliphatic rings. The van der Waals surface area contributed by atoms with E-state index in [1.807, 2.05) is 16.7 Å². The molecule has 2 rings (SSSR count). The average Bonchev–Trinajstić information content (AvgIpc) is 3.04. The Labute approximate surface area is 283 Å². The number of rotatable bonds is 27. The molecule has 0 saturated carbocycles. The lowest BCUT2D eigenvalue weighted by Crippen LogP contribution is -2.13. The minimum atomic E-state index is 1.24. The highest BCUT2D eigenvalue weighted by molar-refractivity contribution is 5.98. The maximum atomic E-state index is 2.51. The summed E-state index contributed by atoms with van der Waals surface area (Å²) in [7, 11) is 0. The van der Waals surface area contributed by atoms with E-state index in [4.69, 9.17) is 0 Å². The molecule has 0 heterocycles. The Kier molecular flexibility index (Phi) is 21.2. The third-order valence-corrected chi connectivity index (χ3v) is 10.9. The molecule has 0 radical (unpaired) electrons. The lowest BCUT2D eigenvalue weighted by Gasteiger charge is -2.29. The molecule has 0 aromatic heterocycles. The average molecular weight is 619 g/mol. The second-order valence-corrected chi connectivity index (χ2v) is 14.7. The predicted molar refractivity (Wildman–Crippen MR) is 207 cm³/mol. The van der Waals surface area contributed by atoms with Crippen molar-refractivity contribution < 1.29 is 0 Å². The molecule has 0 fully saturated rings. The summed E-state index contributed by atoms with van der Waals surface area (Å²) in [6.07, 6.45) is 36.3. The molecule has 2 aromatic carbocycles. The maximum Gasteiger partial charge on any atom is -0.0108 e. The second kappa shape index (κ2) is 23.9. The Balaban J connectivity index is 2.92. The van der Waals surface area contributed by atoms with Crippen LogP contribution in [0.5, 0.6) is 0 Å². The molecule has 0 unspecified atom stereocenters. The van der Waals surface area contributed by atoms with Crippen LogP contribution in [0.2, 0.25) is 0 Å². The third kappa shape index (κ3) is 12.3. The molecule has 0 heteroatoms. The van der Waals surface area contributed by atoms with Gasteiger partial charge in [0.2, 0.25) is 0 Å². The van der Waals surface area contributed by atoms with Crippen LogP contribution in [0.4, 0.5) is 0 Å². The molecule has 0 spiro atoms. The number of hydrogen-bond acceptors (Lipinski definition) is 0. The molecule has 2 aromatic rings. The highest BCUT2D eigenvalue weighted by atomic mass is 14.3. The molecule has 0 N–H and O–H groups in total. The van der Waals surface area contributed by atoms with E-state index in [-0.39, 0.29) is 0 Å². The zero-order valence-corrected chi connectivity index (χ0v) is 32.1. The van der Waals surface area contributed by atoms with Gasteiger partial charge in [-0.2, -0.15) is 0 Å². The van der Waals surface area contributed by atoms with Crippen LogP contribution in [0.1, 0.15) is 221 Å². The van der Waals surface area contributed by atoms with Gasteiger partial charge >= 0.3 is 0 Å². The summed E-state index contributed by atoms with van der Waals surface area (Å²) < 4.78 is 0. The number of benzene rings is 2. The summed E-state index contributed by atoms with van der Waals surface area (Å²) in [6.45, 7) is 19.3. The zero-order valence-electron chi connectivity index (χ0n) is 32.1. The fraction of sp³-hybridized carbons (Fsp3) is 0.778. The first kappa shape index (κ1) is 39.9. The summed E-state index contributed by atoms with van der Waals surface area (Å²) in [5.41, 5.74) is 14.1. The highest BCUT2D eigenvalue weighted by Gasteiger charge is 2.25. The van der Waals surface area contributed by atoms with E-state index >= 15 is 0 Å². The Morgan fingerprint density at radius 2 is 0.533 bits per heavy atom. The zero-order chi connectivity index (χ0) is 32.9. The van der Waals surface area contributed by atoms with Crippen LogP contribution < -0.4 is 0 Å². The summed E-state index contributed by atoms with van der Waals surface area (Å²) in [6, 6.07) is 0. The summed E-state index contributed by atoms with van der Waals surface area (Å²) >= 11 is 0. The van der Waals surface area contributed by atoms with Gasteiger partial charge in [-0.3, -0.25) is 0 Å². The van der Waals surface area contributed by atoms with Crippen molar-refractivity contribution in [2.24, 2.45) is 0 Å². The van der Waals surface area contributed by atoms with E-state index in [2.05, 4.69) is 55.4 Å². The first-order valence-corrected chi connectivity index (χ1v) is 20.6. The molecule has 0 aliphatic heterocycles. The molecule has 0 bridgehead atoms. The first-order valence-electron chi connectivity index (χ1n) is 20.6. The highest BCUT2D eigenvalue weighted by Crippen LogP contribution is 2.42. The van der Waals surface area contributed by atoms with Crippen molar-refractivity contribution in [1.29, 1.82) is 0 Å². The Hall–Kier alpha value is -1.30. The van der Waals surface area contributed by atoms with Crippen LogP contribution in [0, 0.1) is 13.8 Å². The van der Waals surface area contributed by atoms with Gasteiger partial charge in [-0.05, 0) is 140 Å². The molecular weight excluding hydrogens is 540 g/mol. The lowest BCUT2D eigenvalue weighted by atomic mass is 9.75. The van der Waals surface area contributed by atoms with Gasteiger partial charge in [0.05, 0.1) is 0 Å². The van der Waals surface area contributed by atoms with Crippen molar-refractivity contribution in [2.75, 3.05) is 0 Å². The summed E-state index contributed by atoms with van der Waals surface area (Å²) in [5, 5.41) is 3.54. The number of hydrogen-bond donors (Lipinski definition) is 0. The van der Waals surface area contributed by atoms with Crippen LogP contribution in [0.25, 0.3) is 10.8 Å². The summed E-state index contributed by atoms with van der Waals surface area (Å²) in [5.74, 6) is 0. The first-order chi connectivity index (χ1) is 22.0. The molecule has 0 atom stereocenters. The molecule has 0 saturated heterocycles. The minimum absolute atomic E-state index is 1.24. The van der Waals surface area contributed by atoms with E-state index in [1.165, 1.54) is 173 Å². The Morgan fingerprint density at radius 3 is 0.978 bits per heavy atom. The van der Waals surface area contributed by atoms with E-state index in [9.17, 15) is 0 Å². The van der Waals surface area contributed by atoms with Crippen molar-refractivity contribution in [2.45, 2.75) is 229 Å². The minimum Gasteiger partial charge on any atom is -0.0654 e. The molecule has 45 heavy (non-hydrogen) atoms. The van der Waals surface area contributed by atoms with Crippen LogP contribution in [0.15, 0.2) is 0 Å². The van der Waals surface area contributed by atoms with Crippen molar-refractivity contribution in [3.8, 4) is 0 Å². The van der Waals surface area contributed by atoms with Crippen LogP contribution in [-0.4, -0.2) is 0 Å². The van der Waals surface area contributed by atoms with Crippen LogP contribution in [0.3, 0.4) is 0 Å². The molecule has 0 amide bonds. The molecule has 258 valence electrons. The second-order valence-electron chi connectivity index (χ2n) is 14.7. The normalized spacial score (nSPS) is 11.7. The fourth-order valence-electron chi connectivity index (χ4n) is 8.11. The van der Waals surface area contributed by atoms with Gasteiger partial charge in [-0.15, -0.1) is 0 Å². The van der Waals surface area contributed by atoms with Gasteiger partial charge in [0.1, 0.15) is 0 Å². The van der Waals surface area contributed by atoms with E-state index in [0.717, 1.165) is 0 Å². The largest absolute Gasteiger partial charge is 0.0654 e. The van der Waals surface area contributed by atoms with Crippen LogP contribution in [-0.2, 0) is 38.5 Å². The van der Waals surface area contributed by atoms with Crippen molar-refractivity contribution >= 4 is 10.8 Å². The third-order valence-electron chi connectivity index (χ3n) is 10.9. The van der Waals surface area contributed by atoms with Gasteiger partial charge in [0.25, 0.3) is 0 Å². The lowest BCUT2D eigenvalue weighted by molar-refractivity contribution is 0.607. The monoisotopic (exact) mass is 619 g/mol. The standard InChI is InChI=1S/C45H78/c1-9-15-20-23-25-28-32-39-37(8)36(7)38(30-14-6)44-42(31-19-13-5)40(33-26-18-12-4)41(34-27-22-17-11-3)43(45(39)44)35-29-24-21-16-10-2/h9-35H2,1-8H3. The van der Waals surface area contributed by atoms with Gasteiger partial charge in [-0.25, -0.2) is 0 Å². The van der Waals surface area contributed by atoms with Gasteiger partial charge < -0.3 is 0 Å². The fourth-order valence-corrected chi connectivity index (χ4v) is 8.11. The number of unbranched alkanes of at least 4 members (excludes halogenated alkanes) is 15. The SMILES string of the molecule is CCCCCCCCc1c(C)c(C)c(CCC)c2c(CCCC)c(CCCCC)c(CCCCCC)c(CCCCCCC)c12. The molecule has 0 aliphatic carbocycles. The smallest absolute Gasteiger partial charge is 0.0108 e. The Morgan fingerprint density at radius 1 is 0.244 bits per heavy atom. The van der Waals surface area contributed by atoms with Crippen molar-refractivity contribution in [3.63, 3.8) is 0 Å². The number of aryl methyl sites for hydroxylation is 4. The number of fused-ring (bicyclic) bond motifs is 1. The maximum absolute atomic E-state index is 2.51. The van der Waals surface area contributed by atoms with Crippen molar-refractivity contribution in [3.05, 3.63) is 44.5 Å². The quantitative estimate of drug-likeness (QED) is 0.0874. The topological polar surface area (TPSA) is 0 Å². The Bertz CT molecular complexity index is 1070. The van der Waals surface area contributed by atoms with Gasteiger partial charge in [-0.1, -0.05) is 144 Å². The van der Waals surface area contributed by atoms with E-state index < -0.39 is 0 Å². The van der Waals surface area contributed by atoms with E-state index in [1.54, 1.807) is 38.6 Å². The van der Waals surface area contributed by atoms with E-state index in [0.29, 0.717) is 0 Å². The predicted octanol–water partition coefficient (Wildman–Crippen LogP) is 15.0.